The van der Waals surface area contributed by atoms with Gasteiger partial charge in [-0.1, -0.05) is 63.0 Å². The van der Waals surface area contributed by atoms with Crippen LogP contribution in [0.4, 0.5) is 8.78 Å². The standard InChI is InChI=1S/C17H15Br2F2NO/c1-9(13-5-3-11(20)7-15(13)18)17(22-23)10(2)14-6-4-12(21)8-16(14)19/h3-10,23H,1-2H3. The summed E-state index contributed by atoms with van der Waals surface area (Å²) in [6.07, 6.45) is 0. The van der Waals surface area contributed by atoms with E-state index in [0.717, 1.165) is 11.1 Å². The van der Waals surface area contributed by atoms with Crippen molar-refractivity contribution in [2.75, 3.05) is 0 Å². The average Bonchev–Trinajstić information content (AvgIpc) is 2.47. The van der Waals surface area contributed by atoms with E-state index in [9.17, 15) is 14.0 Å². The first-order valence-electron chi connectivity index (χ1n) is 6.97. The Balaban J connectivity index is 2.38. The van der Waals surface area contributed by atoms with Crippen molar-refractivity contribution >= 4 is 37.6 Å². The third-order valence-corrected chi connectivity index (χ3v) is 5.23. The van der Waals surface area contributed by atoms with E-state index in [4.69, 9.17) is 0 Å². The van der Waals surface area contributed by atoms with Crippen LogP contribution in [0.2, 0.25) is 0 Å². The van der Waals surface area contributed by atoms with Crippen molar-refractivity contribution in [2.24, 2.45) is 5.16 Å². The lowest BCUT2D eigenvalue weighted by atomic mass is 9.85. The molecule has 122 valence electrons. The highest BCUT2D eigenvalue weighted by atomic mass is 79.9. The van der Waals surface area contributed by atoms with Gasteiger partial charge in [-0.2, -0.15) is 0 Å². The summed E-state index contributed by atoms with van der Waals surface area (Å²) in [6, 6.07) is 8.79. The molecule has 2 atom stereocenters. The Hall–Kier alpha value is -1.27. The maximum absolute atomic E-state index is 13.3. The van der Waals surface area contributed by atoms with Crippen LogP contribution in [0.5, 0.6) is 0 Å². The van der Waals surface area contributed by atoms with Gasteiger partial charge in [0.15, 0.2) is 0 Å². The molecule has 0 aliphatic carbocycles. The van der Waals surface area contributed by atoms with Crippen molar-refractivity contribution in [3.63, 3.8) is 0 Å². The zero-order valence-corrected chi connectivity index (χ0v) is 15.7. The number of oxime groups is 1. The number of hydrogen-bond donors (Lipinski definition) is 1. The van der Waals surface area contributed by atoms with E-state index in [0.29, 0.717) is 14.7 Å². The second-order valence-corrected chi connectivity index (χ2v) is 7.01. The number of nitrogens with zero attached hydrogens (tertiary/aromatic N) is 1. The summed E-state index contributed by atoms with van der Waals surface area (Å²) in [5.41, 5.74) is 2.12. The minimum Gasteiger partial charge on any atom is -0.411 e. The molecule has 1 N–H and O–H groups in total. The highest BCUT2D eigenvalue weighted by molar-refractivity contribution is 9.10. The molecule has 2 aromatic carbocycles. The van der Waals surface area contributed by atoms with E-state index >= 15 is 0 Å². The van der Waals surface area contributed by atoms with E-state index in [1.165, 1.54) is 24.3 Å². The fourth-order valence-electron chi connectivity index (χ4n) is 2.57. The average molecular weight is 447 g/mol. The first-order chi connectivity index (χ1) is 10.8. The summed E-state index contributed by atoms with van der Waals surface area (Å²) in [6.45, 7) is 3.75. The summed E-state index contributed by atoms with van der Waals surface area (Å²) < 4.78 is 27.7. The molecule has 0 amide bonds. The van der Waals surface area contributed by atoms with Crippen LogP contribution in [0.3, 0.4) is 0 Å². The number of hydrogen-bond acceptors (Lipinski definition) is 2. The van der Waals surface area contributed by atoms with E-state index in [-0.39, 0.29) is 23.5 Å². The lowest BCUT2D eigenvalue weighted by Crippen LogP contribution is -2.18. The number of rotatable bonds is 4. The van der Waals surface area contributed by atoms with Gasteiger partial charge in [0.1, 0.15) is 11.6 Å². The Morgan fingerprint density at radius 2 is 1.30 bits per heavy atom. The minimum absolute atomic E-state index is 0.248. The zero-order chi connectivity index (χ0) is 17.1. The maximum atomic E-state index is 13.3. The van der Waals surface area contributed by atoms with Gasteiger partial charge in [-0.3, -0.25) is 0 Å². The fourth-order valence-corrected chi connectivity index (χ4v) is 3.96. The predicted molar refractivity (Wildman–Crippen MR) is 94.3 cm³/mol. The summed E-state index contributed by atoms with van der Waals surface area (Å²) in [5, 5.41) is 12.9. The third kappa shape index (κ3) is 3.98. The SMILES string of the molecule is CC(C(=NO)C(C)c1ccc(F)cc1Br)c1ccc(F)cc1Br. The second kappa shape index (κ2) is 7.53. The van der Waals surface area contributed by atoms with Crippen LogP contribution in [0, 0.1) is 11.6 Å². The van der Waals surface area contributed by atoms with Gasteiger partial charge in [0, 0.05) is 20.8 Å². The van der Waals surface area contributed by atoms with Crippen molar-refractivity contribution < 1.29 is 14.0 Å². The summed E-state index contributed by atoms with van der Waals surface area (Å²) in [7, 11) is 0. The molecule has 0 aliphatic rings. The molecule has 0 saturated heterocycles. The smallest absolute Gasteiger partial charge is 0.124 e. The van der Waals surface area contributed by atoms with E-state index < -0.39 is 0 Å². The molecule has 2 nitrogen and oxygen atoms in total. The monoisotopic (exact) mass is 445 g/mol. The van der Waals surface area contributed by atoms with Crippen molar-refractivity contribution in [2.45, 2.75) is 25.7 Å². The highest BCUT2D eigenvalue weighted by Gasteiger charge is 2.24. The molecule has 0 heterocycles. The Bertz CT molecular complexity index is 690. The first kappa shape index (κ1) is 18.1. The van der Waals surface area contributed by atoms with E-state index in [2.05, 4.69) is 37.0 Å². The molecular formula is C17H15Br2F2NO. The van der Waals surface area contributed by atoms with Crippen LogP contribution >= 0.6 is 31.9 Å². The summed E-state index contributed by atoms with van der Waals surface area (Å²) >= 11 is 6.68. The molecule has 0 spiro atoms. The molecular weight excluding hydrogens is 432 g/mol. The Morgan fingerprint density at radius 3 is 1.61 bits per heavy atom. The molecule has 23 heavy (non-hydrogen) atoms. The normalized spacial score (nSPS) is 13.5. The lowest BCUT2D eigenvalue weighted by molar-refractivity contribution is 0.314. The van der Waals surface area contributed by atoms with Crippen LogP contribution in [0.1, 0.15) is 36.8 Å². The van der Waals surface area contributed by atoms with Crippen LogP contribution in [-0.2, 0) is 0 Å². The van der Waals surface area contributed by atoms with Gasteiger partial charge in [0.2, 0.25) is 0 Å². The van der Waals surface area contributed by atoms with E-state index in [1.807, 2.05) is 13.8 Å². The lowest BCUT2D eigenvalue weighted by Gasteiger charge is -2.22. The largest absolute Gasteiger partial charge is 0.411 e. The van der Waals surface area contributed by atoms with Gasteiger partial charge in [0.25, 0.3) is 0 Å². The van der Waals surface area contributed by atoms with Crippen LogP contribution in [-0.4, -0.2) is 10.9 Å². The number of halogens is 4. The molecule has 0 saturated carbocycles. The van der Waals surface area contributed by atoms with E-state index in [1.54, 1.807) is 12.1 Å². The van der Waals surface area contributed by atoms with Gasteiger partial charge in [-0.15, -0.1) is 0 Å². The molecule has 0 aromatic heterocycles. The Labute approximate surface area is 150 Å². The Morgan fingerprint density at radius 1 is 0.913 bits per heavy atom. The molecule has 2 rings (SSSR count). The summed E-state index contributed by atoms with van der Waals surface area (Å²) in [5.74, 6) is -1.18. The van der Waals surface area contributed by atoms with Crippen molar-refractivity contribution in [1.29, 1.82) is 0 Å². The van der Waals surface area contributed by atoms with Gasteiger partial charge < -0.3 is 5.21 Å². The molecule has 0 radical (unpaired) electrons. The van der Waals surface area contributed by atoms with Crippen molar-refractivity contribution in [3.05, 3.63) is 68.1 Å². The second-order valence-electron chi connectivity index (χ2n) is 5.30. The first-order valence-corrected chi connectivity index (χ1v) is 8.55. The molecule has 2 unspecified atom stereocenters. The van der Waals surface area contributed by atoms with Gasteiger partial charge in [-0.25, -0.2) is 8.78 Å². The van der Waals surface area contributed by atoms with Crippen molar-refractivity contribution in [1.82, 2.24) is 0 Å². The van der Waals surface area contributed by atoms with Gasteiger partial charge in [-0.05, 0) is 35.4 Å². The molecule has 0 bridgehead atoms. The maximum Gasteiger partial charge on any atom is 0.124 e. The highest BCUT2D eigenvalue weighted by Crippen LogP contribution is 2.34. The summed E-state index contributed by atoms with van der Waals surface area (Å²) in [4.78, 5) is 0. The van der Waals surface area contributed by atoms with Crippen LogP contribution < -0.4 is 0 Å². The zero-order valence-electron chi connectivity index (χ0n) is 12.5. The predicted octanol–water partition coefficient (Wildman–Crippen LogP) is 6.23. The fraction of sp³-hybridized carbons (Fsp3) is 0.235. The topological polar surface area (TPSA) is 32.6 Å². The van der Waals surface area contributed by atoms with Gasteiger partial charge >= 0.3 is 0 Å². The van der Waals surface area contributed by atoms with Crippen LogP contribution in [0.15, 0.2) is 50.5 Å². The quantitative estimate of drug-likeness (QED) is 0.337. The van der Waals surface area contributed by atoms with Crippen molar-refractivity contribution in [3.8, 4) is 0 Å². The molecule has 6 heteroatoms. The molecule has 0 fully saturated rings. The van der Waals surface area contributed by atoms with Gasteiger partial charge in [0.05, 0.1) is 5.71 Å². The minimum atomic E-state index is -0.343. The Kier molecular flexibility index (Phi) is 5.92. The molecule has 0 aliphatic heterocycles. The number of benzene rings is 2. The van der Waals surface area contributed by atoms with Crippen LogP contribution in [0.25, 0.3) is 0 Å². The third-order valence-electron chi connectivity index (χ3n) is 3.86. The molecule has 2 aromatic rings.